The van der Waals surface area contributed by atoms with Gasteiger partial charge in [-0.3, -0.25) is 14.4 Å². The van der Waals surface area contributed by atoms with E-state index in [4.69, 9.17) is 4.98 Å². The first-order valence-electron chi connectivity index (χ1n) is 13.7. The molecule has 0 unspecified atom stereocenters. The van der Waals surface area contributed by atoms with Crippen LogP contribution in [0.25, 0.3) is 11.0 Å². The van der Waals surface area contributed by atoms with Crippen molar-refractivity contribution in [2.45, 2.75) is 63.8 Å². The van der Waals surface area contributed by atoms with Crippen molar-refractivity contribution in [2.75, 3.05) is 33.1 Å². The molecular formula is C29H38N6O4. The number of aromatic nitrogens is 3. The van der Waals surface area contributed by atoms with E-state index in [2.05, 4.69) is 24.9 Å². The van der Waals surface area contributed by atoms with Crippen molar-refractivity contribution in [3.63, 3.8) is 0 Å². The van der Waals surface area contributed by atoms with E-state index in [9.17, 15) is 14.4 Å². The third kappa shape index (κ3) is 7.13. The van der Waals surface area contributed by atoms with Crippen molar-refractivity contribution in [2.24, 2.45) is 0 Å². The van der Waals surface area contributed by atoms with Gasteiger partial charge in [0.1, 0.15) is 11.3 Å². The normalized spacial score (nSPS) is 13.4. The van der Waals surface area contributed by atoms with E-state index in [1.54, 1.807) is 37.3 Å². The molecule has 10 heteroatoms. The first-order valence-corrected chi connectivity index (χ1v) is 13.7. The SMILES string of the molecule is COC(=O)CCCCCCNC(=O)c1ccc(Nc2ncc3cc(C(=O)N(C)C)n(C4CCCC4)c3n2)cc1. The minimum atomic E-state index is -0.183. The van der Waals surface area contributed by atoms with Gasteiger partial charge in [-0.2, -0.15) is 4.98 Å². The second-order valence-corrected chi connectivity index (χ2v) is 10.2. The highest BCUT2D eigenvalue weighted by molar-refractivity contribution is 5.98. The van der Waals surface area contributed by atoms with Gasteiger partial charge in [-0.15, -0.1) is 0 Å². The molecule has 2 N–H and O–H groups in total. The molecule has 4 rings (SSSR count). The van der Waals surface area contributed by atoms with Crippen LogP contribution in [0.1, 0.15) is 84.7 Å². The Bertz CT molecular complexity index is 1300. The van der Waals surface area contributed by atoms with E-state index < -0.39 is 0 Å². The number of unbranched alkanes of at least 4 members (excludes halogenated alkanes) is 3. The number of ether oxygens (including phenoxy) is 1. The molecular weight excluding hydrogens is 496 g/mol. The first-order chi connectivity index (χ1) is 18.9. The molecule has 2 amide bonds. The van der Waals surface area contributed by atoms with Crippen LogP contribution in [0.2, 0.25) is 0 Å². The highest BCUT2D eigenvalue weighted by atomic mass is 16.5. The number of hydrogen-bond acceptors (Lipinski definition) is 7. The van der Waals surface area contributed by atoms with Crippen molar-refractivity contribution < 1.29 is 19.1 Å². The van der Waals surface area contributed by atoms with Gasteiger partial charge in [0.2, 0.25) is 5.95 Å². The van der Waals surface area contributed by atoms with Crippen molar-refractivity contribution in [1.82, 2.24) is 24.8 Å². The Morgan fingerprint density at radius 1 is 1.05 bits per heavy atom. The van der Waals surface area contributed by atoms with Gasteiger partial charge in [0, 0.05) is 55.9 Å². The lowest BCUT2D eigenvalue weighted by molar-refractivity contribution is -0.140. The number of amides is 2. The van der Waals surface area contributed by atoms with Gasteiger partial charge in [-0.05, 0) is 56.0 Å². The maximum atomic E-state index is 12.9. The van der Waals surface area contributed by atoms with E-state index in [0.29, 0.717) is 30.2 Å². The molecule has 0 saturated heterocycles. The van der Waals surface area contributed by atoms with Gasteiger partial charge in [0.15, 0.2) is 0 Å². The number of fused-ring (bicyclic) bond motifs is 1. The lowest BCUT2D eigenvalue weighted by atomic mass is 10.1. The number of carbonyl (C=O) groups excluding carboxylic acids is 3. The van der Waals surface area contributed by atoms with E-state index in [-0.39, 0.29) is 23.8 Å². The minimum absolute atomic E-state index is 0.0400. The van der Waals surface area contributed by atoms with Crippen LogP contribution in [0.5, 0.6) is 0 Å². The molecule has 1 fully saturated rings. The van der Waals surface area contributed by atoms with Gasteiger partial charge < -0.3 is 24.8 Å². The Morgan fingerprint density at radius 2 is 1.77 bits per heavy atom. The molecule has 10 nitrogen and oxygen atoms in total. The molecule has 0 atom stereocenters. The fourth-order valence-corrected chi connectivity index (χ4v) is 4.98. The fourth-order valence-electron chi connectivity index (χ4n) is 4.98. The van der Waals surface area contributed by atoms with Crippen molar-refractivity contribution in [3.8, 4) is 0 Å². The summed E-state index contributed by atoms with van der Waals surface area (Å²) in [6.45, 7) is 0.587. The standard InChI is InChI=1S/C29H38N6O4/c1-34(2)28(38)24-18-21-19-31-29(33-26(21)35(24)23-10-7-8-11-23)32-22-15-13-20(14-16-22)27(37)30-17-9-5-4-6-12-25(36)39-3/h13-16,18-19,23H,4-12,17H2,1-3H3,(H,30,37)(H,31,32,33). The lowest BCUT2D eigenvalue weighted by Gasteiger charge is -2.19. The van der Waals surface area contributed by atoms with Gasteiger partial charge in [-0.25, -0.2) is 4.98 Å². The molecule has 1 aliphatic carbocycles. The average Bonchev–Trinajstić information content (AvgIpc) is 3.59. The first kappa shape index (κ1) is 28.1. The molecule has 0 spiro atoms. The number of nitrogens with one attached hydrogen (secondary N) is 2. The number of benzene rings is 1. The number of carbonyl (C=O) groups is 3. The summed E-state index contributed by atoms with van der Waals surface area (Å²) in [5, 5.41) is 7.01. The predicted molar refractivity (Wildman–Crippen MR) is 150 cm³/mol. The molecule has 0 aliphatic heterocycles. The summed E-state index contributed by atoms with van der Waals surface area (Å²) in [5.74, 6) is 0.0915. The van der Waals surface area contributed by atoms with Gasteiger partial charge >= 0.3 is 5.97 Å². The Kier molecular flexibility index (Phi) is 9.51. The second-order valence-electron chi connectivity index (χ2n) is 10.2. The van der Waals surface area contributed by atoms with Crippen LogP contribution in [0.3, 0.4) is 0 Å². The van der Waals surface area contributed by atoms with E-state index in [1.807, 2.05) is 18.2 Å². The summed E-state index contributed by atoms with van der Waals surface area (Å²) in [7, 11) is 4.92. The Balaban J connectivity index is 1.36. The van der Waals surface area contributed by atoms with Crippen LogP contribution in [0.15, 0.2) is 36.5 Å². The van der Waals surface area contributed by atoms with E-state index in [1.165, 1.54) is 7.11 Å². The summed E-state index contributed by atoms with van der Waals surface area (Å²) >= 11 is 0. The summed E-state index contributed by atoms with van der Waals surface area (Å²) in [5.41, 5.74) is 2.74. The van der Waals surface area contributed by atoms with Gasteiger partial charge in [0.25, 0.3) is 11.8 Å². The maximum absolute atomic E-state index is 12.9. The number of nitrogens with zero attached hydrogens (tertiary/aromatic N) is 4. The summed E-state index contributed by atoms with van der Waals surface area (Å²) in [6.07, 6.45) is 10.1. The van der Waals surface area contributed by atoms with Crippen molar-refractivity contribution >= 4 is 40.5 Å². The maximum Gasteiger partial charge on any atom is 0.305 e. The minimum Gasteiger partial charge on any atom is -0.469 e. The van der Waals surface area contributed by atoms with Gasteiger partial charge in [0.05, 0.1) is 7.11 Å². The molecule has 0 bridgehead atoms. The smallest absolute Gasteiger partial charge is 0.305 e. The second kappa shape index (κ2) is 13.2. The molecule has 208 valence electrons. The van der Waals surface area contributed by atoms with E-state index >= 15 is 0 Å². The molecule has 1 aliphatic rings. The molecule has 1 aromatic carbocycles. The number of rotatable bonds is 12. The quantitative estimate of drug-likeness (QED) is 0.252. The number of hydrogen-bond donors (Lipinski definition) is 2. The Hall–Kier alpha value is -3.95. The molecule has 3 aromatic rings. The molecule has 2 heterocycles. The molecule has 39 heavy (non-hydrogen) atoms. The van der Waals surface area contributed by atoms with E-state index in [0.717, 1.165) is 68.1 Å². The zero-order chi connectivity index (χ0) is 27.8. The summed E-state index contributed by atoms with van der Waals surface area (Å²) < 4.78 is 6.72. The number of esters is 1. The van der Waals surface area contributed by atoms with Crippen LogP contribution in [0.4, 0.5) is 11.6 Å². The zero-order valence-corrected chi connectivity index (χ0v) is 23.0. The zero-order valence-electron chi connectivity index (χ0n) is 23.0. The molecule has 1 saturated carbocycles. The summed E-state index contributed by atoms with van der Waals surface area (Å²) in [4.78, 5) is 47.4. The topological polar surface area (TPSA) is 118 Å². The average molecular weight is 535 g/mol. The summed E-state index contributed by atoms with van der Waals surface area (Å²) in [6, 6.07) is 9.32. The third-order valence-corrected chi connectivity index (χ3v) is 7.12. The third-order valence-electron chi connectivity index (χ3n) is 7.12. The van der Waals surface area contributed by atoms with Crippen molar-refractivity contribution in [1.29, 1.82) is 0 Å². The van der Waals surface area contributed by atoms with Crippen molar-refractivity contribution in [3.05, 3.63) is 47.8 Å². The molecule has 2 aromatic heterocycles. The fraction of sp³-hybridized carbons (Fsp3) is 0.483. The number of methoxy groups -OCH3 is 1. The van der Waals surface area contributed by atoms with Crippen LogP contribution in [0, 0.1) is 0 Å². The van der Waals surface area contributed by atoms with Crippen LogP contribution in [-0.2, 0) is 9.53 Å². The van der Waals surface area contributed by atoms with Gasteiger partial charge in [-0.1, -0.05) is 25.7 Å². The highest BCUT2D eigenvalue weighted by Gasteiger charge is 2.26. The Morgan fingerprint density at radius 3 is 2.46 bits per heavy atom. The number of anilines is 2. The predicted octanol–water partition coefficient (Wildman–Crippen LogP) is 4.85. The lowest BCUT2D eigenvalue weighted by Crippen LogP contribution is -2.25. The largest absolute Gasteiger partial charge is 0.469 e. The van der Waals surface area contributed by atoms with Crippen LogP contribution >= 0.6 is 0 Å². The van der Waals surface area contributed by atoms with Crippen LogP contribution in [-0.4, -0.2) is 65.0 Å². The Labute approximate surface area is 229 Å². The van der Waals surface area contributed by atoms with Crippen LogP contribution < -0.4 is 10.6 Å². The monoisotopic (exact) mass is 534 g/mol. The highest BCUT2D eigenvalue weighted by Crippen LogP contribution is 2.35. The molecule has 0 radical (unpaired) electrons.